The van der Waals surface area contributed by atoms with Crippen LogP contribution in [0.2, 0.25) is 0 Å². The van der Waals surface area contributed by atoms with Gasteiger partial charge in [-0.3, -0.25) is 14.5 Å². The lowest BCUT2D eigenvalue weighted by Crippen LogP contribution is -2.33. The van der Waals surface area contributed by atoms with Gasteiger partial charge in [0.25, 0.3) is 0 Å². The summed E-state index contributed by atoms with van der Waals surface area (Å²) in [6, 6.07) is 22.4. The number of rotatable bonds is 7. The summed E-state index contributed by atoms with van der Waals surface area (Å²) in [6.45, 7) is 0.317. The maximum absolute atomic E-state index is 13.6. The average molecular weight is 464 g/mol. The summed E-state index contributed by atoms with van der Waals surface area (Å²) in [5.74, 6) is -0.206. The van der Waals surface area contributed by atoms with Crippen LogP contribution in [0, 0.1) is 5.82 Å². The van der Waals surface area contributed by atoms with Crippen LogP contribution < -0.4 is 10.1 Å². The lowest BCUT2D eigenvalue weighted by atomic mass is 10.2. The molecule has 1 aliphatic heterocycles. The number of ether oxygens (including phenoxy) is 1. The van der Waals surface area contributed by atoms with Gasteiger partial charge < -0.3 is 10.1 Å². The molecule has 0 unspecified atom stereocenters. The van der Waals surface area contributed by atoms with E-state index in [4.69, 9.17) is 4.74 Å². The molecule has 1 saturated heterocycles. The van der Waals surface area contributed by atoms with Gasteiger partial charge in [-0.2, -0.15) is 0 Å². The molecule has 3 aromatic rings. The molecule has 1 aliphatic rings. The van der Waals surface area contributed by atoms with E-state index >= 15 is 0 Å². The second-order valence-electron chi connectivity index (χ2n) is 7.37. The van der Waals surface area contributed by atoms with Crippen LogP contribution in [0.25, 0.3) is 0 Å². The number of anilines is 1. The van der Waals surface area contributed by atoms with Crippen molar-refractivity contribution in [2.45, 2.75) is 18.2 Å². The number of benzene rings is 3. The van der Waals surface area contributed by atoms with Crippen molar-refractivity contribution in [3.8, 4) is 5.75 Å². The standard InChI is InChI=1S/C25H22FN3O3S/c1-32-21-12-10-19(11-13-21)27-23(30)15-22-24(31)29(16-17-6-3-2-4-7-17)25(33-22)28-20-9-5-8-18(26)14-20/h2-14,22H,15-16H2,1H3,(H,27,30)/t22-/m0/s1. The SMILES string of the molecule is COc1ccc(NC(=O)C[C@@H]2SC(=Nc3cccc(F)c3)N(Cc3ccccc3)C2=O)cc1. The molecular weight excluding hydrogens is 441 g/mol. The van der Waals surface area contributed by atoms with Crippen molar-refractivity contribution in [1.82, 2.24) is 4.90 Å². The minimum Gasteiger partial charge on any atom is -0.497 e. The number of nitrogens with zero attached hydrogens (tertiary/aromatic N) is 2. The Morgan fingerprint density at radius 3 is 2.55 bits per heavy atom. The van der Waals surface area contributed by atoms with Gasteiger partial charge in [-0.1, -0.05) is 48.2 Å². The van der Waals surface area contributed by atoms with E-state index in [1.54, 1.807) is 48.4 Å². The molecule has 1 fully saturated rings. The summed E-state index contributed by atoms with van der Waals surface area (Å²) in [5, 5.41) is 2.62. The van der Waals surface area contributed by atoms with Crippen LogP contribution in [0.15, 0.2) is 83.9 Å². The maximum atomic E-state index is 13.6. The highest BCUT2D eigenvalue weighted by Crippen LogP contribution is 2.33. The molecular formula is C25H22FN3O3S. The molecule has 0 saturated carbocycles. The number of halogens is 1. The lowest BCUT2D eigenvalue weighted by Gasteiger charge is -2.16. The first-order chi connectivity index (χ1) is 16.0. The van der Waals surface area contributed by atoms with E-state index in [1.165, 1.54) is 23.9 Å². The smallest absolute Gasteiger partial charge is 0.242 e. The van der Waals surface area contributed by atoms with Crippen molar-refractivity contribution >= 4 is 40.1 Å². The van der Waals surface area contributed by atoms with E-state index < -0.39 is 11.1 Å². The molecule has 3 aromatic carbocycles. The number of hydrogen-bond donors (Lipinski definition) is 1. The minimum atomic E-state index is -0.626. The van der Waals surface area contributed by atoms with Crippen LogP contribution in [0.5, 0.6) is 5.75 Å². The zero-order valence-corrected chi connectivity index (χ0v) is 18.7. The molecule has 0 aromatic heterocycles. The Labute approximate surface area is 195 Å². The van der Waals surface area contributed by atoms with Gasteiger partial charge in [0.2, 0.25) is 11.8 Å². The molecule has 8 heteroatoms. The highest BCUT2D eigenvalue weighted by molar-refractivity contribution is 8.15. The molecule has 2 amide bonds. The van der Waals surface area contributed by atoms with E-state index in [0.29, 0.717) is 28.8 Å². The van der Waals surface area contributed by atoms with E-state index in [1.807, 2.05) is 30.3 Å². The highest BCUT2D eigenvalue weighted by atomic mass is 32.2. The predicted molar refractivity (Wildman–Crippen MR) is 128 cm³/mol. The second-order valence-corrected chi connectivity index (χ2v) is 8.54. The van der Waals surface area contributed by atoms with Crippen LogP contribution in [0.3, 0.4) is 0 Å². The molecule has 168 valence electrons. The number of amides is 2. The Kier molecular flexibility index (Phi) is 7.04. The first-order valence-corrected chi connectivity index (χ1v) is 11.2. The number of carbonyl (C=O) groups excluding carboxylic acids is 2. The molecule has 4 rings (SSSR count). The average Bonchev–Trinajstić information content (AvgIpc) is 3.09. The fraction of sp³-hybridized carbons (Fsp3) is 0.160. The van der Waals surface area contributed by atoms with Crippen molar-refractivity contribution in [3.63, 3.8) is 0 Å². The van der Waals surface area contributed by atoms with E-state index in [-0.39, 0.29) is 18.2 Å². The number of hydrogen-bond acceptors (Lipinski definition) is 5. The fourth-order valence-electron chi connectivity index (χ4n) is 3.35. The third kappa shape index (κ3) is 5.78. The summed E-state index contributed by atoms with van der Waals surface area (Å²) >= 11 is 1.21. The van der Waals surface area contributed by atoms with Crippen molar-refractivity contribution in [2.75, 3.05) is 12.4 Å². The number of aliphatic imine (C=N–C) groups is 1. The zero-order valence-electron chi connectivity index (χ0n) is 17.9. The highest BCUT2D eigenvalue weighted by Gasteiger charge is 2.39. The molecule has 0 spiro atoms. The third-order valence-electron chi connectivity index (χ3n) is 4.98. The normalized spacial score (nSPS) is 16.8. The second kappa shape index (κ2) is 10.3. The van der Waals surface area contributed by atoms with Crippen molar-refractivity contribution < 1.29 is 18.7 Å². The zero-order chi connectivity index (χ0) is 23.2. The quantitative estimate of drug-likeness (QED) is 0.536. The van der Waals surface area contributed by atoms with E-state index in [0.717, 1.165) is 5.56 Å². The molecule has 6 nitrogen and oxygen atoms in total. The van der Waals surface area contributed by atoms with Gasteiger partial charge in [-0.25, -0.2) is 9.38 Å². The van der Waals surface area contributed by atoms with Gasteiger partial charge in [-0.05, 0) is 48.0 Å². The van der Waals surface area contributed by atoms with Crippen LogP contribution in [-0.2, 0) is 16.1 Å². The van der Waals surface area contributed by atoms with Crippen LogP contribution in [0.1, 0.15) is 12.0 Å². The molecule has 0 radical (unpaired) electrons. The summed E-state index contributed by atoms with van der Waals surface area (Å²) in [4.78, 5) is 31.9. The van der Waals surface area contributed by atoms with Crippen LogP contribution >= 0.6 is 11.8 Å². The summed E-state index contributed by atoms with van der Waals surface area (Å²) in [6.07, 6.45) is -0.0109. The third-order valence-corrected chi connectivity index (χ3v) is 6.16. The Morgan fingerprint density at radius 2 is 1.85 bits per heavy atom. The fourth-order valence-corrected chi connectivity index (χ4v) is 4.50. The first kappa shape index (κ1) is 22.5. The van der Waals surface area contributed by atoms with Gasteiger partial charge in [0.1, 0.15) is 16.8 Å². The number of amidine groups is 1. The molecule has 33 heavy (non-hydrogen) atoms. The van der Waals surface area contributed by atoms with Crippen molar-refractivity contribution in [1.29, 1.82) is 0 Å². The number of nitrogens with one attached hydrogen (secondary N) is 1. The van der Waals surface area contributed by atoms with E-state index in [9.17, 15) is 14.0 Å². The van der Waals surface area contributed by atoms with Gasteiger partial charge in [0.05, 0.1) is 19.3 Å². The van der Waals surface area contributed by atoms with Crippen molar-refractivity contribution in [2.24, 2.45) is 4.99 Å². The van der Waals surface area contributed by atoms with Gasteiger partial charge in [0.15, 0.2) is 5.17 Å². The molecule has 0 bridgehead atoms. The van der Waals surface area contributed by atoms with Gasteiger partial charge in [-0.15, -0.1) is 0 Å². The van der Waals surface area contributed by atoms with Crippen LogP contribution in [-0.4, -0.2) is 34.2 Å². The van der Waals surface area contributed by atoms with E-state index in [2.05, 4.69) is 10.3 Å². The Bertz CT molecular complexity index is 1170. The molecule has 0 aliphatic carbocycles. The van der Waals surface area contributed by atoms with Gasteiger partial charge in [0, 0.05) is 12.1 Å². The van der Waals surface area contributed by atoms with Crippen LogP contribution in [0.4, 0.5) is 15.8 Å². The summed E-state index contributed by atoms with van der Waals surface area (Å²) in [7, 11) is 1.57. The number of carbonyl (C=O) groups is 2. The van der Waals surface area contributed by atoms with Crippen molar-refractivity contribution in [3.05, 3.63) is 90.2 Å². The van der Waals surface area contributed by atoms with Gasteiger partial charge >= 0.3 is 0 Å². The molecule has 1 N–H and O–H groups in total. The summed E-state index contributed by atoms with van der Waals surface area (Å²) < 4.78 is 18.8. The topological polar surface area (TPSA) is 71.0 Å². The molecule has 1 heterocycles. The molecule has 1 atom stereocenters. The minimum absolute atomic E-state index is 0.0109. The first-order valence-electron chi connectivity index (χ1n) is 10.3. The Balaban J connectivity index is 1.52. The Morgan fingerprint density at radius 1 is 1.09 bits per heavy atom. The largest absolute Gasteiger partial charge is 0.497 e. The Hall–Kier alpha value is -3.65. The number of thioether (sulfide) groups is 1. The summed E-state index contributed by atoms with van der Waals surface area (Å²) in [5.41, 5.74) is 1.96. The number of methoxy groups -OCH3 is 1. The predicted octanol–water partition coefficient (Wildman–Crippen LogP) is 4.99. The lowest BCUT2D eigenvalue weighted by molar-refractivity contribution is -0.128. The monoisotopic (exact) mass is 463 g/mol. The maximum Gasteiger partial charge on any atom is 0.242 e.